The van der Waals surface area contributed by atoms with Gasteiger partial charge in [0.05, 0.1) is 6.10 Å². The van der Waals surface area contributed by atoms with Gasteiger partial charge in [0.15, 0.2) is 0 Å². The molecule has 1 heterocycles. The molecule has 0 spiro atoms. The summed E-state index contributed by atoms with van der Waals surface area (Å²) in [5.74, 6) is -0.285. The normalized spacial score (nSPS) is 16.7. The number of nitrogens with zero attached hydrogens (tertiary/aromatic N) is 2. The lowest BCUT2D eigenvalue weighted by Crippen LogP contribution is -2.43. The average molecular weight is 330 g/mol. The van der Waals surface area contributed by atoms with E-state index in [2.05, 4.69) is 38.7 Å². The predicted octanol–water partition coefficient (Wildman–Crippen LogP) is 0.326. The van der Waals surface area contributed by atoms with E-state index in [1.54, 1.807) is 26.4 Å². The number of aliphatic hydroxyl groups excluding tert-OH is 1. The second-order valence-electron chi connectivity index (χ2n) is 5.85. The van der Waals surface area contributed by atoms with Crippen LogP contribution in [0.3, 0.4) is 0 Å². The standard InChI is InChI=1S/C18H26N4O2/c1-19-9-7-17(20-2)18(24)21-11-16(23)13-22-10-8-14-5-3-4-6-15(14)12-22/h3-7,9,16,19,23H,8,10-13H2,1-2H3,(H,21,24)/b9-7-,20-17+/t16-/m0/s1. The number of carbonyl (C=O) groups is 1. The molecule has 0 unspecified atom stereocenters. The molecule has 130 valence electrons. The highest BCUT2D eigenvalue weighted by Crippen LogP contribution is 2.18. The molecule has 1 aromatic rings. The third-order valence-corrected chi connectivity index (χ3v) is 4.06. The molecule has 1 aliphatic heterocycles. The Morgan fingerprint density at radius 3 is 2.88 bits per heavy atom. The highest BCUT2D eigenvalue weighted by Gasteiger charge is 2.19. The van der Waals surface area contributed by atoms with Gasteiger partial charge in [0.1, 0.15) is 5.71 Å². The number of aliphatic imine (C=N–C) groups is 1. The number of hydrogen-bond acceptors (Lipinski definition) is 5. The van der Waals surface area contributed by atoms with Crippen LogP contribution in [0.4, 0.5) is 0 Å². The van der Waals surface area contributed by atoms with Crippen molar-refractivity contribution in [3.8, 4) is 0 Å². The van der Waals surface area contributed by atoms with Gasteiger partial charge in [-0.3, -0.25) is 14.7 Å². The minimum absolute atomic E-state index is 0.212. The quantitative estimate of drug-likeness (QED) is 0.630. The first-order valence-electron chi connectivity index (χ1n) is 8.20. The van der Waals surface area contributed by atoms with Crippen molar-refractivity contribution in [3.63, 3.8) is 0 Å². The van der Waals surface area contributed by atoms with Gasteiger partial charge < -0.3 is 15.7 Å². The number of rotatable bonds is 7. The summed E-state index contributed by atoms with van der Waals surface area (Å²) in [6.07, 6.45) is 3.63. The summed E-state index contributed by atoms with van der Waals surface area (Å²) < 4.78 is 0. The lowest BCUT2D eigenvalue weighted by molar-refractivity contribution is -0.115. The fourth-order valence-corrected chi connectivity index (χ4v) is 2.79. The van der Waals surface area contributed by atoms with Crippen LogP contribution >= 0.6 is 0 Å². The fourth-order valence-electron chi connectivity index (χ4n) is 2.79. The number of aliphatic hydroxyl groups is 1. The number of β-amino-alcohol motifs (C(OH)–C–C–N with tert-alkyl or cyclic N) is 1. The van der Waals surface area contributed by atoms with Gasteiger partial charge in [-0.2, -0.15) is 0 Å². The van der Waals surface area contributed by atoms with E-state index in [0.29, 0.717) is 12.3 Å². The van der Waals surface area contributed by atoms with Gasteiger partial charge in [0.25, 0.3) is 5.91 Å². The van der Waals surface area contributed by atoms with E-state index in [0.717, 1.165) is 19.5 Å². The molecule has 0 saturated heterocycles. The zero-order chi connectivity index (χ0) is 17.4. The van der Waals surface area contributed by atoms with E-state index in [4.69, 9.17) is 0 Å². The van der Waals surface area contributed by atoms with Gasteiger partial charge >= 0.3 is 0 Å². The van der Waals surface area contributed by atoms with Crippen molar-refractivity contribution >= 4 is 11.6 Å². The molecule has 0 saturated carbocycles. The van der Waals surface area contributed by atoms with E-state index < -0.39 is 6.10 Å². The molecule has 0 fully saturated rings. The third kappa shape index (κ3) is 5.18. The highest BCUT2D eigenvalue weighted by molar-refractivity contribution is 6.43. The van der Waals surface area contributed by atoms with Gasteiger partial charge in [-0.25, -0.2) is 0 Å². The lowest BCUT2D eigenvalue weighted by Gasteiger charge is -2.30. The van der Waals surface area contributed by atoms with Crippen LogP contribution in [0.1, 0.15) is 11.1 Å². The second-order valence-corrected chi connectivity index (χ2v) is 5.85. The molecule has 2 rings (SSSR count). The number of amides is 1. The minimum Gasteiger partial charge on any atom is -0.394 e. The fraction of sp³-hybridized carbons (Fsp3) is 0.444. The van der Waals surface area contributed by atoms with Gasteiger partial charge in [0.2, 0.25) is 0 Å². The molecule has 6 nitrogen and oxygen atoms in total. The molecule has 0 aromatic heterocycles. The van der Waals surface area contributed by atoms with Crippen molar-refractivity contribution in [2.24, 2.45) is 4.99 Å². The Morgan fingerprint density at radius 1 is 1.42 bits per heavy atom. The molecule has 1 aliphatic rings. The lowest BCUT2D eigenvalue weighted by atomic mass is 10.00. The Kier molecular flexibility index (Phi) is 6.96. The molecule has 1 aromatic carbocycles. The Balaban J connectivity index is 1.79. The SMILES string of the molecule is C/N=C(\C=C/NC)C(=O)NC[C@H](O)CN1CCc2ccccc2C1. The molecular weight excluding hydrogens is 304 g/mol. The summed E-state index contributed by atoms with van der Waals surface area (Å²) in [5, 5.41) is 15.7. The summed E-state index contributed by atoms with van der Waals surface area (Å²) in [7, 11) is 3.32. The molecule has 6 heteroatoms. The van der Waals surface area contributed by atoms with E-state index >= 15 is 0 Å². The molecule has 0 aliphatic carbocycles. The largest absolute Gasteiger partial charge is 0.394 e. The maximum atomic E-state index is 12.0. The van der Waals surface area contributed by atoms with Gasteiger partial charge in [-0.1, -0.05) is 24.3 Å². The predicted molar refractivity (Wildman–Crippen MR) is 96.0 cm³/mol. The summed E-state index contributed by atoms with van der Waals surface area (Å²) >= 11 is 0. The van der Waals surface area contributed by atoms with E-state index in [-0.39, 0.29) is 12.5 Å². The van der Waals surface area contributed by atoms with Crippen LogP contribution in [0, 0.1) is 0 Å². The Morgan fingerprint density at radius 2 is 2.17 bits per heavy atom. The first-order chi connectivity index (χ1) is 11.6. The average Bonchev–Trinajstić information content (AvgIpc) is 2.60. The molecule has 0 radical (unpaired) electrons. The highest BCUT2D eigenvalue weighted by atomic mass is 16.3. The topological polar surface area (TPSA) is 77.0 Å². The maximum Gasteiger partial charge on any atom is 0.269 e. The summed E-state index contributed by atoms with van der Waals surface area (Å²) in [5.41, 5.74) is 3.03. The smallest absolute Gasteiger partial charge is 0.269 e. The number of carbonyl (C=O) groups excluding carboxylic acids is 1. The molecule has 0 bridgehead atoms. The van der Waals surface area contributed by atoms with Crippen molar-refractivity contribution in [1.29, 1.82) is 0 Å². The molecule has 1 atom stereocenters. The Labute approximate surface area is 143 Å². The number of hydrogen-bond donors (Lipinski definition) is 3. The Hall–Kier alpha value is -2.18. The van der Waals surface area contributed by atoms with Crippen molar-refractivity contribution in [2.45, 2.75) is 19.1 Å². The summed E-state index contributed by atoms with van der Waals surface area (Å²) in [6, 6.07) is 8.40. The second kappa shape index (κ2) is 9.20. The molecule has 1 amide bonds. The first kappa shape index (κ1) is 18.2. The van der Waals surface area contributed by atoms with Crippen molar-refractivity contribution in [2.75, 3.05) is 33.7 Å². The molecule has 3 N–H and O–H groups in total. The maximum absolute atomic E-state index is 12.0. The number of nitrogens with one attached hydrogen (secondary N) is 2. The molecule has 24 heavy (non-hydrogen) atoms. The van der Waals surface area contributed by atoms with Gasteiger partial charge in [-0.05, 0) is 29.8 Å². The Bertz CT molecular complexity index is 613. The van der Waals surface area contributed by atoms with Crippen LogP contribution in [0.2, 0.25) is 0 Å². The van der Waals surface area contributed by atoms with Crippen LogP contribution in [-0.4, -0.2) is 61.5 Å². The third-order valence-electron chi connectivity index (χ3n) is 4.06. The van der Waals surface area contributed by atoms with Crippen molar-refractivity contribution in [1.82, 2.24) is 15.5 Å². The van der Waals surface area contributed by atoms with Crippen LogP contribution in [0.15, 0.2) is 41.5 Å². The van der Waals surface area contributed by atoms with Crippen molar-refractivity contribution < 1.29 is 9.90 Å². The zero-order valence-electron chi connectivity index (χ0n) is 14.3. The van der Waals surface area contributed by atoms with Crippen LogP contribution < -0.4 is 10.6 Å². The number of benzene rings is 1. The first-order valence-corrected chi connectivity index (χ1v) is 8.20. The van der Waals surface area contributed by atoms with Crippen LogP contribution in [0.5, 0.6) is 0 Å². The minimum atomic E-state index is -0.606. The molecular formula is C18H26N4O2. The van der Waals surface area contributed by atoms with Crippen LogP contribution in [0.25, 0.3) is 0 Å². The zero-order valence-corrected chi connectivity index (χ0v) is 14.3. The van der Waals surface area contributed by atoms with Gasteiger partial charge in [0, 0.05) is 40.3 Å². The summed E-state index contributed by atoms with van der Waals surface area (Å²) in [4.78, 5) is 18.1. The van der Waals surface area contributed by atoms with Crippen molar-refractivity contribution in [3.05, 3.63) is 47.7 Å². The van der Waals surface area contributed by atoms with Gasteiger partial charge in [-0.15, -0.1) is 0 Å². The van der Waals surface area contributed by atoms with Crippen LogP contribution in [-0.2, 0) is 17.8 Å². The van der Waals surface area contributed by atoms with E-state index in [1.165, 1.54) is 11.1 Å². The monoisotopic (exact) mass is 330 g/mol. The van der Waals surface area contributed by atoms with E-state index in [9.17, 15) is 9.90 Å². The number of fused-ring (bicyclic) bond motifs is 1. The van der Waals surface area contributed by atoms with E-state index in [1.807, 2.05) is 6.07 Å². The summed E-state index contributed by atoms with van der Waals surface area (Å²) in [6.45, 7) is 2.52.